The number of nitro groups is 1. The maximum Gasteiger partial charge on any atom is 0.343 e. The van der Waals surface area contributed by atoms with Gasteiger partial charge < -0.3 is 4.74 Å². The molecular weight excluding hydrogens is 272 g/mol. The summed E-state index contributed by atoms with van der Waals surface area (Å²) < 4.78 is 5.15. The van der Waals surface area contributed by atoms with E-state index in [-0.39, 0.29) is 11.4 Å². The third-order valence-electron chi connectivity index (χ3n) is 2.83. The number of nitro benzene ring substituents is 1. The summed E-state index contributed by atoms with van der Waals surface area (Å²) in [5.41, 5.74) is 1.11. The number of benzene rings is 2. The van der Waals surface area contributed by atoms with Gasteiger partial charge in [-0.2, -0.15) is 5.26 Å². The molecule has 0 N–H and O–H groups in total. The van der Waals surface area contributed by atoms with Crippen molar-refractivity contribution in [1.29, 1.82) is 5.26 Å². The van der Waals surface area contributed by atoms with Gasteiger partial charge in [0, 0.05) is 11.6 Å². The molecule has 2 aromatic carbocycles. The quantitative estimate of drug-likeness (QED) is 0.373. The second kappa shape index (κ2) is 5.84. The molecule has 0 bridgehead atoms. The number of rotatable bonds is 3. The number of aryl methyl sites for hydroxylation is 1. The predicted molar refractivity (Wildman–Crippen MR) is 73.9 cm³/mol. The van der Waals surface area contributed by atoms with Crippen molar-refractivity contribution in [3.05, 3.63) is 69.3 Å². The predicted octanol–water partition coefficient (Wildman–Crippen LogP) is 2.99. The van der Waals surface area contributed by atoms with E-state index in [9.17, 15) is 14.9 Å². The molecule has 104 valence electrons. The monoisotopic (exact) mass is 282 g/mol. The maximum absolute atomic E-state index is 11.9. The van der Waals surface area contributed by atoms with E-state index < -0.39 is 10.9 Å². The molecule has 21 heavy (non-hydrogen) atoms. The molecule has 0 heterocycles. The van der Waals surface area contributed by atoms with Crippen molar-refractivity contribution in [2.75, 3.05) is 0 Å². The average molecular weight is 282 g/mol. The summed E-state index contributed by atoms with van der Waals surface area (Å²) in [6.45, 7) is 1.57. The molecule has 0 saturated heterocycles. The summed E-state index contributed by atoms with van der Waals surface area (Å²) in [4.78, 5) is 22.1. The summed E-state index contributed by atoms with van der Waals surface area (Å²) in [6, 6.07) is 12.0. The first-order valence-corrected chi connectivity index (χ1v) is 5.98. The van der Waals surface area contributed by atoms with E-state index in [1.54, 1.807) is 6.92 Å². The van der Waals surface area contributed by atoms with Crippen LogP contribution in [0.5, 0.6) is 5.75 Å². The minimum absolute atomic E-state index is 0.0341. The summed E-state index contributed by atoms with van der Waals surface area (Å²) in [5.74, 6) is -0.361. The molecule has 0 amide bonds. The Morgan fingerprint density at radius 2 is 1.90 bits per heavy atom. The van der Waals surface area contributed by atoms with E-state index in [0.717, 1.165) is 0 Å². The fourth-order valence-corrected chi connectivity index (χ4v) is 1.74. The van der Waals surface area contributed by atoms with Crippen LogP contribution < -0.4 is 4.74 Å². The number of hydrogen-bond donors (Lipinski definition) is 0. The van der Waals surface area contributed by atoms with Crippen molar-refractivity contribution < 1.29 is 14.5 Å². The smallest absolute Gasteiger partial charge is 0.343 e. The van der Waals surface area contributed by atoms with Crippen molar-refractivity contribution in [2.45, 2.75) is 6.92 Å². The Balaban J connectivity index is 2.17. The maximum atomic E-state index is 11.9. The molecule has 0 fully saturated rings. The van der Waals surface area contributed by atoms with E-state index in [2.05, 4.69) is 0 Å². The minimum Gasteiger partial charge on any atom is -0.423 e. The highest BCUT2D eigenvalue weighted by Gasteiger charge is 2.13. The zero-order valence-electron chi connectivity index (χ0n) is 11.1. The number of hydrogen-bond acceptors (Lipinski definition) is 5. The van der Waals surface area contributed by atoms with Crippen LogP contribution in [0, 0.1) is 28.4 Å². The van der Waals surface area contributed by atoms with E-state index >= 15 is 0 Å². The highest BCUT2D eigenvalue weighted by Crippen LogP contribution is 2.23. The first kappa shape index (κ1) is 14.2. The second-order valence-corrected chi connectivity index (χ2v) is 4.28. The van der Waals surface area contributed by atoms with Crippen molar-refractivity contribution in [3.8, 4) is 11.8 Å². The van der Waals surface area contributed by atoms with Gasteiger partial charge in [0.1, 0.15) is 5.75 Å². The van der Waals surface area contributed by atoms with Crippen LogP contribution in [0.3, 0.4) is 0 Å². The van der Waals surface area contributed by atoms with Gasteiger partial charge in [0.15, 0.2) is 0 Å². The van der Waals surface area contributed by atoms with Gasteiger partial charge in [-0.05, 0) is 43.3 Å². The normalized spacial score (nSPS) is 9.71. The number of carbonyl (C=O) groups is 1. The summed E-state index contributed by atoms with van der Waals surface area (Å²) in [6.07, 6.45) is 0. The first-order valence-electron chi connectivity index (χ1n) is 5.98. The average Bonchev–Trinajstić information content (AvgIpc) is 2.47. The molecule has 6 nitrogen and oxygen atoms in total. The Morgan fingerprint density at radius 1 is 1.24 bits per heavy atom. The van der Waals surface area contributed by atoms with Crippen LogP contribution in [0.4, 0.5) is 5.69 Å². The highest BCUT2D eigenvalue weighted by atomic mass is 16.6. The van der Waals surface area contributed by atoms with Crippen LogP contribution in [-0.2, 0) is 0 Å². The van der Waals surface area contributed by atoms with Crippen molar-refractivity contribution in [3.63, 3.8) is 0 Å². The van der Waals surface area contributed by atoms with Crippen LogP contribution in [0.1, 0.15) is 21.5 Å². The summed E-state index contributed by atoms with van der Waals surface area (Å²) >= 11 is 0. The van der Waals surface area contributed by atoms with Gasteiger partial charge >= 0.3 is 5.97 Å². The Hall–Kier alpha value is -3.20. The Bertz CT molecular complexity index is 745. The van der Waals surface area contributed by atoms with Crippen LogP contribution >= 0.6 is 0 Å². The third-order valence-corrected chi connectivity index (χ3v) is 2.83. The lowest BCUT2D eigenvalue weighted by atomic mass is 10.1. The largest absolute Gasteiger partial charge is 0.423 e. The van der Waals surface area contributed by atoms with E-state index in [4.69, 9.17) is 10.00 Å². The molecular formula is C15H10N2O4. The van der Waals surface area contributed by atoms with E-state index in [1.807, 2.05) is 6.07 Å². The van der Waals surface area contributed by atoms with Crippen LogP contribution in [0.25, 0.3) is 0 Å². The van der Waals surface area contributed by atoms with Crippen LogP contribution in [0.2, 0.25) is 0 Å². The molecule has 0 aliphatic rings. The number of esters is 1. The fraction of sp³-hybridized carbons (Fsp3) is 0.0667. The SMILES string of the molecule is Cc1cc(OC(=O)c2ccc(C#N)cc2)ccc1[N+](=O)[O-]. The minimum atomic E-state index is -0.590. The molecule has 0 aliphatic carbocycles. The van der Waals surface area contributed by atoms with E-state index in [1.165, 1.54) is 42.5 Å². The van der Waals surface area contributed by atoms with Gasteiger partial charge in [-0.3, -0.25) is 10.1 Å². The fourth-order valence-electron chi connectivity index (χ4n) is 1.74. The molecule has 0 saturated carbocycles. The van der Waals surface area contributed by atoms with Gasteiger partial charge in [-0.1, -0.05) is 0 Å². The summed E-state index contributed by atoms with van der Waals surface area (Å²) in [5, 5.41) is 19.4. The first-order chi connectivity index (χ1) is 10.0. The zero-order valence-corrected chi connectivity index (χ0v) is 11.1. The van der Waals surface area contributed by atoms with Gasteiger partial charge in [-0.25, -0.2) is 4.79 Å². The number of nitrogens with zero attached hydrogens (tertiary/aromatic N) is 2. The van der Waals surface area contributed by atoms with Crippen molar-refractivity contribution >= 4 is 11.7 Å². The molecule has 6 heteroatoms. The number of nitriles is 1. The lowest BCUT2D eigenvalue weighted by Crippen LogP contribution is -2.08. The molecule has 0 radical (unpaired) electrons. The van der Waals surface area contributed by atoms with Gasteiger partial charge in [0.05, 0.1) is 22.1 Å². The molecule has 0 spiro atoms. The molecule has 0 aliphatic heterocycles. The molecule has 0 aromatic heterocycles. The van der Waals surface area contributed by atoms with Gasteiger partial charge in [0.25, 0.3) is 5.69 Å². The standard InChI is InChI=1S/C15H10N2O4/c1-10-8-13(6-7-14(10)17(19)20)21-15(18)12-4-2-11(9-16)3-5-12/h2-8H,1H3. The second-order valence-electron chi connectivity index (χ2n) is 4.28. The molecule has 2 rings (SSSR count). The topological polar surface area (TPSA) is 93.2 Å². The van der Waals surface area contributed by atoms with Crippen molar-refractivity contribution in [2.24, 2.45) is 0 Å². The Kier molecular flexibility index (Phi) is 3.95. The van der Waals surface area contributed by atoms with Gasteiger partial charge in [0.2, 0.25) is 0 Å². The van der Waals surface area contributed by atoms with Gasteiger partial charge in [-0.15, -0.1) is 0 Å². The van der Waals surface area contributed by atoms with E-state index in [0.29, 0.717) is 16.7 Å². The zero-order chi connectivity index (χ0) is 15.4. The molecule has 0 unspecified atom stereocenters. The van der Waals surface area contributed by atoms with Crippen LogP contribution in [0.15, 0.2) is 42.5 Å². The number of carbonyl (C=O) groups excluding carboxylic acids is 1. The van der Waals surface area contributed by atoms with Crippen LogP contribution in [-0.4, -0.2) is 10.9 Å². The lowest BCUT2D eigenvalue weighted by molar-refractivity contribution is -0.385. The third kappa shape index (κ3) is 3.22. The lowest BCUT2D eigenvalue weighted by Gasteiger charge is -2.05. The Labute approximate surface area is 120 Å². The number of ether oxygens (including phenoxy) is 1. The molecule has 0 atom stereocenters. The summed E-state index contributed by atoms with van der Waals surface area (Å²) in [7, 11) is 0. The highest BCUT2D eigenvalue weighted by molar-refractivity contribution is 5.91. The van der Waals surface area contributed by atoms with Crippen molar-refractivity contribution in [1.82, 2.24) is 0 Å². The Morgan fingerprint density at radius 3 is 2.43 bits per heavy atom. The molecule has 2 aromatic rings.